The molecule has 0 fully saturated rings. The first-order chi connectivity index (χ1) is 9.14. The van der Waals surface area contributed by atoms with E-state index in [0.717, 1.165) is 16.9 Å². The summed E-state index contributed by atoms with van der Waals surface area (Å²) < 4.78 is 5.99. The lowest BCUT2D eigenvalue weighted by Crippen LogP contribution is -2.42. The molecule has 2 aromatic rings. The van der Waals surface area contributed by atoms with E-state index in [2.05, 4.69) is 13.8 Å². The summed E-state index contributed by atoms with van der Waals surface area (Å²) in [6.07, 6.45) is -0.257. The molecule has 1 N–H and O–H groups in total. The van der Waals surface area contributed by atoms with Crippen LogP contribution in [0.25, 0.3) is 0 Å². The van der Waals surface area contributed by atoms with Gasteiger partial charge in [-0.3, -0.25) is 0 Å². The summed E-state index contributed by atoms with van der Waals surface area (Å²) in [6.45, 7) is 4.15. The Balaban J connectivity index is 2.20. The van der Waals surface area contributed by atoms with Gasteiger partial charge in [-0.2, -0.15) is 0 Å². The summed E-state index contributed by atoms with van der Waals surface area (Å²) in [7, 11) is 0. The van der Waals surface area contributed by atoms with Crippen molar-refractivity contribution in [2.75, 3.05) is 0 Å². The van der Waals surface area contributed by atoms with Crippen molar-refractivity contribution >= 4 is 0 Å². The molecule has 3 rings (SSSR count). The van der Waals surface area contributed by atoms with E-state index >= 15 is 0 Å². The molecule has 0 saturated heterocycles. The van der Waals surface area contributed by atoms with Crippen molar-refractivity contribution in [1.82, 2.24) is 0 Å². The van der Waals surface area contributed by atoms with Crippen LogP contribution in [0, 0.1) is 5.92 Å². The molecule has 0 spiro atoms. The van der Waals surface area contributed by atoms with E-state index in [4.69, 9.17) is 4.74 Å². The summed E-state index contributed by atoms with van der Waals surface area (Å²) in [5, 5.41) is 11.3. The Bertz CT molecular complexity index is 577. The fourth-order valence-corrected chi connectivity index (χ4v) is 2.89. The maximum atomic E-state index is 11.3. The molecule has 0 amide bonds. The van der Waals surface area contributed by atoms with Crippen molar-refractivity contribution in [2.24, 2.45) is 5.92 Å². The van der Waals surface area contributed by atoms with Gasteiger partial charge >= 0.3 is 0 Å². The number of para-hydroxylation sites is 1. The van der Waals surface area contributed by atoms with Crippen molar-refractivity contribution in [3.63, 3.8) is 0 Å². The van der Waals surface area contributed by atoms with Gasteiger partial charge in [0, 0.05) is 5.56 Å². The molecule has 0 bridgehead atoms. The van der Waals surface area contributed by atoms with Crippen molar-refractivity contribution in [3.05, 3.63) is 65.7 Å². The molecular weight excluding hydrogens is 236 g/mol. The van der Waals surface area contributed by atoms with Gasteiger partial charge in [-0.05, 0) is 17.5 Å². The second-order valence-electron chi connectivity index (χ2n) is 5.41. The monoisotopic (exact) mass is 254 g/mol. The fourth-order valence-electron chi connectivity index (χ4n) is 2.89. The average Bonchev–Trinajstić information content (AvgIpc) is 2.75. The second kappa shape index (κ2) is 4.39. The third kappa shape index (κ3) is 1.75. The first-order valence-corrected chi connectivity index (χ1v) is 6.68. The lowest BCUT2D eigenvalue weighted by molar-refractivity contribution is -0.0285. The van der Waals surface area contributed by atoms with Gasteiger partial charge in [-0.1, -0.05) is 62.4 Å². The summed E-state index contributed by atoms with van der Waals surface area (Å²) in [5.41, 5.74) is 0.685. The number of benzene rings is 2. The van der Waals surface area contributed by atoms with Crippen LogP contribution in [0.3, 0.4) is 0 Å². The zero-order valence-corrected chi connectivity index (χ0v) is 11.2. The van der Waals surface area contributed by atoms with Gasteiger partial charge in [0.1, 0.15) is 11.9 Å². The SMILES string of the molecule is CC(C)[C@H]1Oc2ccccc2[C@@]1(O)c1ccccc1. The maximum absolute atomic E-state index is 11.3. The minimum Gasteiger partial charge on any atom is -0.486 e. The molecule has 1 aliphatic heterocycles. The number of rotatable bonds is 2. The molecule has 1 aliphatic rings. The Labute approximate surface area is 113 Å². The van der Waals surface area contributed by atoms with Gasteiger partial charge in [0.05, 0.1) is 0 Å². The molecule has 98 valence electrons. The van der Waals surface area contributed by atoms with Gasteiger partial charge in [0.2, 0.25) is 0 Å². The molecule has 0 aromatic heterocycles. The molecular formula is C17H18O2. The molecule has 2 heteroatoms. The van der Waals surface area contributed by atoms with Crippen LogP contribution < -0.4 is 4.74 Å². The molecule has 2 aromatic carbocycles. The topological polar surface area (TPSA) is 29.5 Å². The van der Waals surface area contributed by atoms with E-state index < -0.39 is 5.60 Å². The lowest BCUT2D eigenvalue weighted by Gasteiger charge is -2.32. The van der Waals surface area contributed by atoms with E-state index in [-0.39, 0.29) is 12.0 Å². The Morgan fingerprint density at radius 1 is 1.00 bits per heavy atom. The van der Waals surface area contributed by atoms with E-state index in [1.165, 1.54) is 0 Å². The van der Waals surface area contributed by atoms with Crippen LogP contribution >= 0.6 is 0 Å². The Morgan fingerprint density at radius 3 is 2.32 bits per heavy atom. The Morgan fingerprint density at radius 2 is 1.63 bits per heavy atom. The zero-order chi connectivity index (χ0) is 13.5. The van der Waals surface area contributed by atoms with Crippen LogP contribution in [0.4, 0.5) is 0 Å². The Kier molecular flexibility index (Phi) is 2.83. The summed E-state index contributed by atoms with van der Waals surface area (Å²) in [6, 6.07) is 17.5. The van der Waals surface area contributed by atoms with Crippen LogP contribution in [0.15, 0.2) is 54.6 Å². The third-order valence-corrected chi connectivity index (χ3v) is 3.78. The molecule has 1 heterocycles. The number of hydrogen-bond acceptors (Lipinski definition) is 2. The third-order valence-electron chi connectivity index (χ3n) is 3.78. The highest BCUT2D eigenvalue weighted by Gasteiger charge is 2.50. The van der Waals surface area contributed by atoms with Gasteiger partial charge in [-0.15, -0.1) is 0 Å². The van der Waals surface area contributed by atoms with E-state index in [1.807, 2.05) is 54.6 Å². The van der Waals surface area contributed by atoms with Gasteiger partial charge in [0.15, 0.2) is 5.60 Å². The summed E-state index contributed by atoms with van der Waals surface area (Å²) >= 11 is 0. The normalized spacial score (nSPS) is 25.2. The van der Waals surface area contributed by atoms with Crippen LogP contribution in [0.5, 0.6) is 5.75 Å². The lowest BCUT2D eigenvalue weighted by atomic mass is 9.79. The van der Waals surface area contributed by atoms with Crippen molar-refractivity contribution in [2.45, 2.75) is 25.6 Å². The number of aliphatic hydroxyl groups is 1. The Hall–Kier alpha value is -1.80. The summed E-state index contributed by atoms with van der Waals surface area (Å²) in [5.74, 6) is 1.00. The number of ether oxygens (including phenoxy) is 1. The van der Waals surface area contributed by atoms with E-state index in [9.17, 15) is 5.11 Å². The predicted molar refractivity (Wildman–Crippen MR) is 75.1 cm³/mol. The zero-order valence-electron chi connectivity index (χ0n) is 11.2. The maximum Gasteiger partial charge on any atom is 0.155 e. The van der Waals surface area contributed by atoms with Gasteiger partial charge in [-0.25, -0.2) is 0 Å². The average molecular weight is 254 g/mol. The first-order valence-electron chi connectivity index (χ1n) is 6.68. The van der Waals surface area contributed by atoms with Crippen LogP contribution in [0.2, 0.25) is 0 Å². The van der Waals surface area contributed by atoms with Crippen molar-refractivity contribution < 1.29 is 9.84 Å². The number of hydrogen-bond donors (Lipinski definition) is 1. The van der Waals surface area contributed by atoms with Gasteiger partial charge < -0.3 is 9.84 Å². The molecule has 2 atom stereocenters. The van der Waals surface area contributed by atoms with E-state index in [1.54, 1.807) is 0 Å². The molecule has 0 aliphatic carbocycles. The minimum atomic E-state index is -1.06. The molecule has 0 saturated carbocycles. The molecule has 2 nitrogen and oxygen atoms in total. The highest BCUT2D eigenvalue weighted by molar-refractivity contribution is 5.49. The molecule has 0 unspecified atom stereocenters. The highest BCUT2D eigenvalue weighted by Crippen LogP contribution is 2.47. The number of fused-ring (bicyclic) bond motifs is 1. The van der Waals surface area contributed by atoms with E-state index in [0.29, 0.717) is 0 Å². The van der Waals surface area contributed by atoms with Crippen molar-refractivity contribution in [1.29, 1.82) is 0 Å². The second-order valence-corrected chi connectivity index (χ2v) is 5.41. The quantitative estimate of drug-likeness (QED) is 0.890. The predicted octanol–water partition coefficient (Wildman–Crippen LogP) is 3.34. The standard InChI is InChI=1S/C17H18O2/c1-12(2)16-17(18,13-8-4-3-5-9-13)14-10-6-7-11-15(14)19-16/h3-12,16,18H,1-2H3/t16-,17+/m1/s1. The summed E-state index contributed by atoms with van der Waals surface area (Å²) in [4.78, 5) is 0. The smallest absolute Gasteiger partial charge is 0.155 e. The fraction of sp³-hybridized carbons (Fsp3) is 0.294. The largest absolute Gasteiger partial charge is 0.486 e. The minimum absolute atomic E-state index is 0.220. The van der Waals surface area contributed by atoms with Crippen LogP contribution in [-0.4, -0.2) is 11.2 Å². The van der Waals surface area contributed by atoms with Gasteiger partial charge in [0.25, 0.3) is 0 Å². The highest BCUT2D eigenvalue weighted by atomic mass is 16.5. The van der Waals surface area contributed by atoms with Crippen LogP contribution in [-0.2, 0) is 5.60 Å². The first kappa shape index (κ1) is 12.2. The molecule has 19 heavy (non-hydrogen) atoms. The van der Waals surface area contributed by atoms with Crippen molar-refractivity contribution in [3.8, 4) is 5.75 Å². The van der Waals surface area contributed by atoms with Crippen LogP contribution in [0.1, 0.15) is 25.0 Å². The molecule has 0 radical (unpaired) electrons.